The number of hydrogen-bond donors (Lipinski definition) is 2. The van der Waals surface area contributed by atoms with E-state index in [1.165, 1.54) is 14.2 Å². The predicted octanol–water partition coefficient (Wildman–Crippen LogP) is 4.11. The van der Waals surface area contributed by atoms with E-state index in [1.807, 2.05) is 0 Å². The lowest BCUT2D eigenvalue weighted by atomic mass is 9.93. The molecule has 35 heavy (non-hydrogen) atoms. The number of furan rings is 1. The highest BCUT2D eigenvalue weighted by Gasteiger charge is 2.29. The van der Waals surface area contributed by atoms with Crippen LogP contribution in [0.1, 0.15) is 61.0 Å². The van der Waals surface area contributed by atoms with Crippen molar-refractivity contribution in [3.8, 4) is 5.75 Å². The molecule has 9 heteroatoms. The molecule has 1 aromatic heterocycles. The van der Waals surface area contributed by atoms with Crippen LogP contribution in [-0.2, 0) is 11.2 Å². The van der Waals surface area contributed by atoms with Crippen molar-refractivity contribution in [3.63, 3.8) is 0 Å². The summed E-state index contributed by atoms with van der Waals surface area (Å²) in [4.78, 5) is 37.8. The van der Waals surface area contributed by atoms with Gasteiger partial charge in [0.2, 0.25) is 0 Å². The molecule has 0 saturated heterocycles. The van der Waals surface area contributed by atoms with E-state index in [0.29, 0.717) is 52.4 Å². The molecule has 0 saturated carbocycles. The van der Waals surface area contributed by atoms with Crippen LogP contribution in [0.2, 0.25) is 0 Å². The Labute approximate surface area is 202 Å². The van der Waals surface area contributed by atoms with Gasteiger partial charge in [0.1, 0.15) is 11.5 Å². The smallest absolute Gasteiger partial charge is 0.339 e. The van der Waals surface area contributed by atoms with E-state index >= 15 is 0 Å². The Morgan fingerprint density at radius 2 is 1.66 bits per heavy atom. The number of fused-ring (bicyclic) bond motifs is 1. The number of amides is 2. The first-order chi connectivity index (χ1) is 16.9. The molecule has 180 valence electrons. The monoisotopic (exact) mass is 475 g/mol. The number of carbonyl (C=O) groups is 3. The van der Waals surface area contributed by atoms with Gasteiger partial charge in [0.25, 0.3) is 11.8 Å². The van der Waals surface area contributed by atoms with E-state index in [9.17, 15) is 14.4 Å². The van der Waals surface area contributed by atoms with E-state index in [-0.39, 0.29) is 11.3 Å². The molecule has 1 heterocycles. The van der Waals surface area contributed by atoms with Gasteiger partial charge >= 0.3 is 5.97 Å². The molecule has 0 spiro atoms. The Kier molecular flexibility index (Phi) is 6.96. The quantitative estimate of drug-likeness (QED) is 0.409. The first kappa shape index (κ1) is 23.7. The van der Waals surface area contributed by atoms with E-state index < -0.39 is 17.8 Å². The standard InChI is InChI=1S/C26H25N3O6/c1-15-22-19(28-29-24(30)17-10-5-7-13-20(17)33-2)12-8-14-21(22)35-23(15)25(31)27-18-11-6-4-9-16(18)26(32)34-3/h4-7,9-11,13H,8,12,14H2,1-3H3,(H,27,31)(H,29,30)/b28-19+. The summed E-state index contributed by atoms with van der Waals surface area (Å²) in [6.07, 6.45) is 2.02. The minimum atomic E-state index is -0.559. The Morgan fingerprint density at radius 3 is 2.40 bits per heavy atom. The van der Waals surface area contributed by atoms with Gasteiger partial charge in [-0.2, -0.15) is 5.10 Å². The number of nitrogens with one attached hydrogen (secondary N) is 2. The van der Waals surface area contributed by atoms with Gasteiger partial charge in [0.05, 0.1) is 36.7 Å². The van der Waals surface area contributed by atoms with E-state index in [2.05, 4.69) is 15.8 Å². The van der Waals surface area contributed by atoms with Gasteiger partial charge in [0, 0.05) is 17.5 Å². The van der Waals surface area contributed by atoms with Gasteiger partial charge in [-0.25, -0.2) is 10.2 Å². The van der Waals surface area contributed by atoms with Crippen molar-refractivity contribution in [2.24, 2.45) is 5.10 Å². The van der Waals surface area contributed by atoms with Crippen LogP contribution in [0, 0.1) is 6.92 Å². The summed E-state index contributed by atoms with van der Waals surface area (Å²) < 4.78 is 15.9. The molecule has 0 radical (unpaired) electrons. The molecule has 0 aliphatic heterocycles. The summed E-state index contributed by atoms with van der Waals surface area (Å²) >= 11 is 0. The SMILES string of the molecule is COC(=O)c1ccccc1NC(=O)c1oc2c(c1C)/C(=N/NC(=O)c1ccccc1OC)CCC2. The largest absolute Gasteiger partial charge is 0.496 e. The lowest BCUT2D eigenvalue weighted by molar-refractivity contribution is 0.0601. The van der Waals surface area contributed by atoms with Crippen molar-refractivity contribution in [1.29, 1.82) is 0 Å². The van der Waals surface area contributed by atoms with Gasteiger partial charge in [-0.05, 0) is 44.0 Å². The molecule has 0 atom stereocenters. The molecular formula is C26H25N3O6. The van der Waals surface area contributed by atoms with Crippen LogP contribution in [-0.4, -0.2) is 37.7 Å². The highest BCUT2D eigenvalue weighted by molar-refractivity contribution is 6.11. The van der Waals surface area contributed by atoms with Crippen LogP contribution in [0.25, 0.3) is 0 Å². The number of nitrogens with zero attached hydrogens (tertiary/aromatic N) is 1. The average molecular weight is 476 g/mol. The Bertz CT molecular complexity index is 1320. The first-order valence-electron chi connectivity index (χ1n) is 11.1. The molecule has 2 N–H and O–H groups in total. The van der Waals surface area contributed by atoms with Crippen molar-refractivity contribution in [1.82, 2.24) is 5.43 Å². The maximum absolute atomic E-state index is 13.1. The molecule has 4 rings (SSSR count). The topological polar surface area (TPSA) is 119 Å². The second-order valence-corrected chi connectivity index (χ2v) is 7.90. The van der Waals surface area contributed by atoms with Gasteiger partial charge in [-0.15, -0.1) is 0 Å². The molecule has 0 fully saturated rings. The number of hydrogen-bond acceptors (Lipinski definition) is 7. The number of hydrazone groups is 1. The maximum Gasteiger partial charge on any atom is 0.339 e. The van der Waals surface area contributed by atoms with Crippen LogP contribution in [0.5, 0.6) is 5.75 Å². The van der Waals surface area contributed by atoms with E-state index in [1.54, 1.807) is 55.5 Å². The van der Waals surface area contributed by atoms with Crippen LogP contribution in [0.15, 0.2) is 58.0 Å². The van der Waals surface area contributed by atoms with Crippen molar-refractivity contribution in [2.45, 2.75) is 26.2 Å². The second-order valence-electron chi connectivity index (χ2n) is 7.90. The van der Waals surface area contributed by atoms with Gasteiger partial charge in [-0.1, -0.05) is 24.3 Å². The molecule has 0 bridgehead atoms. The fourth-order valence-corrected chi connectivity index (χ4v) is 4.07. The van der Waals surface area contributed by atoms with Crippen molar-refractivity contribution in [2.75, 3.05) is 19.5 Å². The number of aryl methyl sites for hydroxylation is 1. The third-order valence-electron chi connectivity index (χ3n) is 5.76. The van der Waals surface area contributed by atoms with E-state index in [4.69, 9.17) is 13.9 Å². The van der Waals surface area contributed by atoms with Crippen LogP contribution in [0.4, 0.5) is 5.69 Å². The van der Waals surface area contributed by atoms with Gasteiger partial charge < -0.3 is 19.2 Å². The molecule has 3 aromatic rings. The van der Waals surface area contributed by atoms with Crippen LogP contribution in [0.3, 0.4) is 0 Å². The zero-order valence-electron chi connectivity index (χ0n) is 19.6. The number of rotatable bonds is 6. The van der Waals surface area contributed by atoms with Crippen LogP contribution >= 0.6 is 0 Å². The van der Waals surface area contributed by atoms with Crippen molar-refractivity contribution < 1.29 is 28.3 Å². The predicted molar refractivity (Wildman–Crippen MR) is 129 cm³/mol. The lowest BCUT2D eigenvalue weighted by Gasteiger charge is -2.14. The number of anilines is 1. The molecule has 1 aliphatic carbocycles. The number of benzene rings is 2. The third kappa shape index (κ3) is 4.79. The molecule has 0 unspecified atom stereocenters. The normalized spacial score (nSPS) is 13.6. The van der Waals surface area contributed by atoms with Crippen molar-refractivity contribution in [3.05, 3.63) is 82.3 Å². The summed E-state index contributed by atoms with van der Waals surface area (Å²) in [5.41, 5.74) is 5.46. The number of carbonyl (C=O) groups excluding carboxylic acids is 3. The molecule has 9 nitrogen and oxygen atoms in total. The molecule has 1 aliphatic rings. The molecular weight excluding hydrogens is 450 g/mol. The summed E-state index contributed by atoms with van der Waals surface area (Å²) in [5.74, 6) is -0.256. The Hall–Kier alpha value is -4.40. The zero-order chi connectivity index (χ0) is 24.9. The number of esters is 1. The fraction of sp³-hybridized carbons (Fsp3) is 0.231. The Morgan fingerprint density at radius 1 is 0.943 bits per heavy atom. The third-order valence-corrected chi connectivity index (χ3v) is 5.76. The number of methoxy groups -OCH3 is 2. The van der Waals surface area contributed by atoms with Crippen molar-refractivity contribution >= 4 is 29.2 Å². The number of ether oxygens (including phenoxy) is 2. The summed E-state index contributed by atoms with van der Waals surface area (Å²) in [5, 5.41) is 7.09. The van der Waals surface area contributed by atoms with E-state index in [0.717, 1.165) is 6.42 Å². The highest BCUT2D eigenvalue weighted by Crippen LogP contribution is 2.31. The summed E-state index contributed by atoms with van der Waals surface area (Å²) in [6, 6.07) is 13.4. The average Bonchev–Trinajstić information content (AvgIpc) is 3.24. The van der Waals surface area contributed by atoms with Gasteiger partial charge in [-0.3, -0.25) is 9.59 Å². The fourth-order valence-electron chi connectivity index (χ4n) is 4.07. The molecule has 2 aromatic carbocycles. The lowest BCUT2D eigenvalue weighted by Crippen LogP contribution is -2.22. The second kappa shape index (κ2) is 10.3. The van der Waals surface area contributed by atoms with Gasteiger partial charge in [0.15, 0.2) is 5.76 Å². The summed E-state index contributed by atoms with van der Waals surface area (Å²) in [6.45, 7) is 1.77. The number of para-hydroxylation sites is 2. The summed E-state index contributed by atoms with van der Waals surface area (Å²) in [7, 11) is 2.77. The molecule has 2 amide bonds. The minimum absolute atomic E-state index is 0.125. The maximum atomic E-state index is 13.1. The van der Waals surface area contributed by atoms with Crippen LogP contribution < -0.4 is 15.5 Å². The Balaban J connectivity index is 1.59. The highest BCUT2D eigenvalue weighted by atomic mass is 16.5. The first-order valence-corrected chi connectivity index (χ1v) is 11.1. The zero-order valence-corrected chi connectivity index (χ0v) is 19.6. The minimum Gasteiger partial charge on any atom is -0.496 e.